The molecule has 0 amide bonds. The summed E-state index contributed by atoms with van der Waals surface area (Å²) in [5.41, 5.74) is 5.99. The van der Waals surface area contributed by atoms with Crippen LogP contribution in [0.5, 0.6) is 0 Å². The first-order valence-electron chi connectivity index (χ1n) is 6.25. The van der Waals surface area contributed by atoms with Crippen LogP contribution in [0.2, 0.25) is 0 Å². The maximum absolute atomic E-state index is 6.00. The van der Waals surface area contributed by atoms with Crippen molar-refractivity contribution >= 4 is 0 Å². The zero-order chi connectivity index (χ0) is 11.6. The highest BCUT2D eigenvalue weighted by Gasteiger charge is 2.41. The van der Waals surface area contributed by atoms with E-state index >= 15 is 0 Å². The summed E-state index contributed by atoms with van der Waals surface area (Å²) in [6.45, 7) is 9.37. The molecule has 2 saturated heterocycles. The van der Waals surface area contributed by atoms with Crippen molar-refractivity contribution in [3.05, 3.63) is 0 Å². The van der Waals surface area contributed by atoms with Crippen LogP contribution < -0.4 is 5.73 Å². The molecule has 16 heavy (non-hydrogen) atoms. The van der Waals surface area contributed by atoms with Gasteiger partial charge in [0, 0.05) is 26.2 Å². The average molecular weight is 228 g/mol. The van der Waals surface area contributed by atoms with E-state index in [0.29, 0.717) is 6.54 Å². The normalized spacial score (nSPS) is 36.2. The Hall–Kier alpha value is -0.160. The van der Waals surface area contributed by atoms with Crippen LogP contribution in [0.15, 0.2) is 0 Å². The lowest BCUT2D eigenvalue weighted by Crippen LogP contribution is -2.64. The highest BCUT2D eigenvalue weighted by atomic mass is 16.5. The fourth-order valence-corrected chi connectivity index (χ4v) is 2.80. The van der Waals surface area contributed by atoms with Crippen molar-refractivity contribution < 1.29 is 9.47 Å². The number of morpholine rings is 1. The van der Waals surface area contributed by atoms with Gasteiger partial charge in [0.15, 0.2) is 0 Å². The summed E-state index contributed by atoms with van der Waals surface area (Å²) in [6.07, 6.45) is 2.27. The Morgan fingerprint density at radius 3 is 2.69 bits per heavy atom. The monoisotopic (exact) mass is 228 g/mol. The number of nitrogens with two attached hydrogens (primary N) is 1. The zero-order valence-electron chi connectivity index (χ0n) is 10.5. The minimum absolute atomic E-state index is 0.0549. The van der Waals surface area contributed by atoms with E-state index in [1.807, 2.05) is 0 Å². The van der Waals surface area contributed by atoms with Crippen LogP contribution in [0.1, 0.15) is 26.7 Å². The first kappa shape index (κ1) is 12.3. The van der Waals surface area contributed by atoms with E-state index in [-0.39, 0.29) is 11.1 Å². The van der Waals surface area contributed by atoms with Gasteiger partial charge in [-0.25, -0.2) is 0 Å². The lowest BCUT2D eigenvalue weighted by molar-refractivity contribution is -0.139. The second kappa shape index (κ2) is 4.61. The van der Waals surface area contributed by atoms with Crippen LogP contribution in [0.25, 0.3) is 0 Å². The fraction of sp³-hybridized carbons (Fsp3) is 1.00. The predicted molar refractivity (Wildman–Crippen MR) is 63.4 cm³/mol. The van der Waals surface area contributed by atoms with E-state index in [4.69, 9.17) is 15.2 Å². The first-order chi connectivity index (χ1) is 7.58. The maximum Gasteiger partial charge on any atom is 0.0753 e. The molecule has 0 aromatic carbocycles. The third-order valence-electron chi connectivity index (χ3n) is 3.78. The van der Waals surface area contributed by atoms with Gasteiger partial charge in [0.05, 0.1) is 24.4 Å². The minimum Gasteiger partial charge on any atom is -0.379 e. The molecule has 0 aliphatic carbocycles. The lowest BCUT2D eigenvalue weighted by atomic mass is 9.88. The molecule has 1 atom stereocenters. The highest BCUT2D eigenvalue weighted by Crippen LogP contribution is 2.29. The summed E-state index contributed by atoms with van der Waals surface area (Å²) >= 11 is 0. The van der Waals surface area contributed by atoms with E-state index in [1.165, 1.54) is 0 Å². The Kier molecular flexibility index (Phi) is 3.54. The Balaban J connectivity index is 2.08. The summed E-state index contributed by atoms with van der Waals surface area (Å²) < 4.78 is 11.4. The van der Waals surface area contributed by atoms with Crippen molar-refractivity contribution in [2.45, 2.75) is 37.8 Å². The molecule has 4 nitrogen and oxygen atoms in total. The summed E-state index contributed by atoms with van der Waals surface area (Å²) in [4.78, 5) is 2.48. The topological polar surface area (TPSA) is 47.7 Å². The molecule has 2 fully saturated rings. The molecule has 0 bridgehead atoms. The molecule has 0 aromatic heterocycles. The second-order valence-corrected chi connectivity index (χ2v) is 5.61. The maximum atomic E-state index is 6.00. The molecule has 0 aromatic rings. The van der Waals surface area contributed by atoms with Crippen LogP contribution >= 0.6 is 0 Å². The van der Waals surface area contributed by atoms with E-state index in [0.717, 1.165) is 45.8 Å². The van der Waals surface area contributed by atoms with E-state index in [9.17, 15) is 0 Å². The van der Waals surface area contributed by atoms with Gasteiger partial charge >= 0.3 is 0 Å². The number of hydrogen-bond donors (Lipinski definition) is 1. The van der Waals surface area contributed by atoms with Crippen LogP contribution in [0, 0.1) is 0 Å². The van der Waals surface area contributed by atoms with Gasteiger partial charge in [0.2, 0.25) is 0 Å². The molecule has 1 unspecified atom stereocenters. The van der Waals surface area contributed by atoms with Gasteiger partial charge in [-0.2, -0.15) is 0 Å². The van der Waals surface area contributed by atoms with Gasteiger partial charge in [-0.3, -0.25) is 4.90 Å². The summed E-state index contributed by atoms with van der Waals surface area (Å²) in [6, 6.07) is 0. The molecule has 0 saturated carbocycles. The molecular formula is C12H24N2O2. The quantitative estimate of drug-likeness (QED) is 0.752. The van der Waals surface area contributed by atoms with Crippen molar-refractivity contribution in [1.82, 2.24) is 4.90 Å². The van der Waals surface area contributed by atoms with Crippen molar-refractivity contribution in [3.63, 3.8) is 0 Å². The van der Waals surface area contributed by atoms with Gasteiger partial charge in [-0.15, -0.1) is 0 Å². The van der Waals surface area contributed by atoms with Crippen LogP contribution in [-0.4, -0.2) is 55.5 Å². The molecule has 2 heterocycles. The number of rotatable bonds is 2. The standard InChI is InChI=1S/C12H24N2O2/c1-11(2)9-14(5-7-16-11)12(8-13)4-3-6-15-10-12/h3-10,13H2,1-2H3. The third kappa shape index (κ3) is 2.40. The number of hydrogen-bond acceptors (Lipinski definition) is 4. The molecule has 2 N–H and O–H groups in total. The second-order valence-electron chi connectivity index (χ2n) is 5.61. The molecule has 2 rings (SSSR count). The van der Waals surface area contributed by atoms with E-state index in [2.05, 4.69) is 18.7 Å². The zero-order valence-corrected chi connectivity index (χ0v) is 10.5. The molecule has 94 valence electrons. The Morgan fingerprint density at radius 1 is 1.31 bits per heavy atom. The predicted octanol–water partition coefficient (Wildman–Crippen LogP) is 0.605. The Labute approximate surface area is 98.1 Å². The van der Waals surface area contributed by atoms with Crippen molar-refractivity contribution in [2.75, 3.05) is 39.5 Å². The molecule has 0 spiro atoms. The Morgan fingerprint density at radius 2 is 2.12 bits per heavy atom. The average Bonchev–Trinajstić information content (AvgIpc) is 2.29. The highest BCUT2D eigenvalue weighted by molar-refractivity contribution is 4.97. The largest absolute Gasteiger partial charge is 0.379 e. The van der Waals surface area contributed by atoms with Crippen molar-refractivity contribution in [1.29, 1.82) is 0 Å². The van der Waals surface area contributed by atoms with Gasteiger partial charge in [0.1, 0.15) is 0 Å². The summed E-state index contributed by atoms with van der Waals surface area (Å²) in [5.74, 6) is 0. The summed E-state index contributed by atoms with van der Waals surface area (Å²) in [7, 11) is 0. The fourth-order valence-electron chi connectivity index (χ4n) is 2.80. The van der Waals surface area contributed by atoms with Gasteiger partial charge in [-0.05, 0) is 26.7 Å². The van der Waals surface area contributed by atoms with E-state index in [1.54, 1.807) is 0 Å². The molecule has 4 heteroatoms. The molecule has 2 aliphatic heterocycles. The van der Waals surface area contributed by atoms with Crippen LogP contribution in [0.3, 0.4) is 0 Å². The van der Waals surface area contributed by atoms with E-state index < -0.39 is 0 Å². The SMILES string of the molecule is CC1(C)CN(C2(CN)CCCOC2)CCO1. The van der Waals surface area contributed by atoms with Gasteiger partial charge in [0.25, 0.3) is 0 Å². The van der Waals surface area contributed by atoms with Crippen molar-refractivity contribution in [3.8, 4) is 0 Å². The van der Waals surface area contributed by atoms with Crippen molar-refractivity contribution in [2.24, 2.45) is 5.73 Å². The van der Waals surface area contributed by atoms with Gasteiger partial charge < -0.3 is 15.2 Å². The molecule has 0 radical (unpaired) electrons. The van der Waals surface area contributed by atoms with Gasteiger partial charge in [-0.1, -0.05) is 0 Å². The van der Waals surface area contributed by atoms with Crippen LogP contribution in [0.4, 0.5) is 0 Å². The smallest absolute Gasteiger partial charge is 0.0753 e. The molecule has 2 aliphatic rings. The minimum atomic E-state index is -0.0577. The lowest BCUT2D eigenvalue weighted by Gasteiger charge is -2.50. The Bertz CT molecular complexity index is 237. The molecular weight excluding hydrogens is 204 g/mol. The van der Waals surface area contributed by atoms with Crippen LogP contribution in [-0.2, 0) is 9.47 Å². The number of ether oxygens (including phenoxy) is 2. The summed E-state index contributed by atoms with van der Waals surface area (Å²) in [5, 5.41) is 0. The third-order valence-corrected chi connectivity index (χ3v) is 3.78. The first-order valence-corrected chi connectivity index (χ1v) is 6.25. The number of nitrogens with zero attached hydrogens (tertiary/aromatic N) is 1.